The van der Waals surface area contributed by atoms with Gasteiger partial charge in [-0.15, -0.1) is 0 Å². The van der Waals surface area contributed by atoms with Gasteiger partial charge in [0, 0.05) is 45.5 Å². The van der Waals surface area contributed by atoms with Crippen molar-refractivity contribution < 1.29 is 9.53 Å². The van der Waals surface area contributed by atoms with Crippen molar-refractivity contribution in [3.05, 3.63) is 36.4 Å². The summed E-state index contributed by atoms with van der Waals surface area (Å²) < 4.78 is 6.85. The average Bonchev–Trinajstić information content (AvgIpc) is 3.01. The van der Waals surface area contributed by atoms with E-state index in [0.29, 0.717) is 18.8 Å². The molecule has 1 aliphatic rings. The summed E-state index contributed by atoms with van der Waals surface area (Å²) in [5.41, 5.74) is 1.52. The number of anilines is 1. The Labute approximate surface area is 129 Å². The molecule has 0 aliphatic carbocycles. The van der Waals surface area contributed by atoms with Gasteiger partial charge in [0.25, 0.3) is 5.91 Å². The van der Waals surface area contributed by atoms with Crippen LogP contribution >= 0.6 is 0 Å². The second kappa shape index (κ2) is 6.05. The molecular weight excluding hydrogens is 282 g/mol. The molecule has 0 unspecified atom stereocenters. The quantitative estimate of drug-likeness (QED) is 0.838. The van der Waals surface area contributed by atoms with Gasteiger partial charge in [-0.25, -0.2) is 0 Å². The molecule has 1 amide bonds. The average molecular weight is 301 g/mol. The van der Waals surface area contributed by atoms with Crippen molar-refractivity contribution >= 4 is 11.6 Å². The third kappa shape index (κ3) is 2.88. The van der Waals surface area contributed by atoms with Crippen molar-refractivity contribution in [2.45, 2.75) is 0 Å². The first-order chi connectivity index (χ1) is 10.7. The summed E-state index contributed by atoms with van der Waals surface area (Å²) >= 11 is 0. The first kappa shape index (κ1) is 14.4. The largest absolute Gasteiger partial charge is 0.495 e. The molecule has 1 fully saturated rings. The maximum absolute atomic E-state index is 12.4. The van der Waals surface area contributed by atoms with E-state index >= 15 is 0 Å². The number of rotatable bonds is 3. The topological polar surface area (TPSA) is 63.5 Å². The molecule has 0 spiro atoms. The Kier molecular flexibility index (Phi) is 3.95. The van der Waals surface area contributed by atoms with Crippen LogP contribution in [0.1, 0.15) is 10.5 Å². The molecule has 3 heterocycles. The number of carbonyl (C=O) groups is 1. The minimum Gasteiger partial charge on any atom is -0.495 e. The molecule has 7 heteroatoms. The lowest BCUT2D eigenvalue weighted by molar-refractivity contribution is 0.0740. The van der Waals surface area contributed by atoms with Crippen LogP contribution in [0.3, 0.4) is 0 Å². The van der Waals surface area contributed by atoms with Gasteiger partial charge in [0.05, 0.1) is 25.2 Å². The number of carbonyl (C=O) groups excluding carboxylic acids is 1. The number of piperazine rings is 1. The standard InChI is InChI=1S/C15H19N5O2/c1-18-4-3-14(17-18)15(21)20-7-5-19(6-8-20)12-9-13(22-2)11-16-10-12/h3-4,9-11H,5-8H2,1-2H3. The second-order valence-electron chi connectivity index (χ2n) is 5.24. The van der Waals surface area contributed by atoms with Gasteiger partial charge in [0.1, 0.15) is 11.4 Å². The normalized spacial score (nSPS) is 15.0. The van der Waals surface area contributed by atoms with E-state index < -0.39 is 0 Å². The van der Waals surface area contributed by atoms with Gasteiger partial charge < -0.3 is 14.5 Å². The summed E-state index contributed by atoms with van der Waals surface area (Å²) in [5.74, 6) is 0.730. The van der Waals surface area contributed by atoms with Crippen LogP contribution in [-0.4, -0.2) is 58.9 Å². The number of hydrogen-bond acceptors (Lipinski definition) is 5. The molecule has 0 saturated carbocycles. The van der Waals surface area contributed by atoms with E-state index in [4.69, 9.17) is 4.74 Å². The summed E-state index contributed by atoms with van der Waals surface area (Å²) in [5, 5.41) is 4.17. The summed E-state index contributed by atoms with van der Waals surface area (Å²) in [7, 11) is 3.44. The minimum atomic E-state index is -0.0102. The Morgan fingerprint density at radius 3 is 2.64 bits per heavy atom. The first-order valence-electron chi connectivity index (χ1n) is 7.20. The molecule has 7 nitrogen and oxygen atoms in total. The molecule has 2 aromatic heterocycles. The predicted octanol–water partition coefficient (Wildman–Crippen LogP) is 0.786. The highest BCUT2D eigenvalue weighted by Gasteiger charge is 2.23. The Balaban J connectivity index is 1.63. The van der Waals surface area contributed by atoms with Crippen molar-refractivity contribution in [2.75, 3.05) is 38.2 Å². The number of nitrogens with zero attached hydrogens (tertiary/aromatic N) is 5. The van der Waals surface area contributed by atoms with E-state index in [-0.39, 0.29) is 5.91 Å². The molecule has 0 N–H and O–H groups in total. The van der Waals surface area contributed by atoms with Crippen LogP contribution in [0.5, 0.6) is 5.75 Å². The molecule has 0 atom stereocenters. The fraction of sp³-hybridized carbons (Fsp3) is 0.400. The number of ether oxygens (including phenoxy) is 1. The molecule has 0 aromatic carbocycles. The van der Waals surface area contributed by atoms with Crippen LogP contribution in [0, 0.1) is 0 Å². The maximum Gasteiger partial charge on any atom is 0.274 e. The van der Waals surface area contributed by atoms with Crippen LogP contribution in [0.4, 0.5) is 5.69 Å². The van der Waals surface area contributed by atoms with Gasteiger partial charge in [-0.05, 0) is 6.07 Å². The van der Waals surface area contributed by atoms with Crippen LogP contribution in [0.15, 0.2) is 30.7 Å². The Morgan fingerprint density at radius 2 is 2.00 bits per heavy atom. The number of methoxy groups -OCH3 is 1. The number of amides is 1. The molecule has 3 rings (SSSR count). The second-order valence-corrected chi connectivity index (χ2v) is 5.24. The third-order valence-electron chi connectivity index (χ3n) is 3.80. The smallest absolute Gasteiger partial charge is 0.274 e. The number of pyridine rings is 1. The van der Waals surface area contributed by atoms with Crippen LogP contribution in [0.2, 0.25) is 0 Å². The van der Waals surface area contributed by atoms with E-state index in [9.17, 15) is 4.79 Å². The van der Waals surface area contributed by atoms with E-state index in [2.05, 4.69) is 15.0 Å². The number of aryl methyl sites for hydroxylation is 1. The van der Waals surface area contributed by atoms with Crippen molar-refractivity contribution in [3.63, 3.8) is 0 Å². The molecule has 116 valence electrons. The molecule has 1 aliphatic heterocycles. The van der Waals surface area contributed by atoms with Gasteiger partial charge in [-0.2, -0.15) is 5.10 Å². The zero-order chi connectivity index (χ0) is 15.5. The highest BCUT2D eigenvalue weighted by molar-refractivity contribution is 5.92. The highest BCUT2D eigenvalue weighted by atomic mass is 16.5. The summed E-state index contributed by atoms with van der Waals surface area (Å²) in [6, 6.07) is 3.71. The van der Waals surface area contributed by atoms with Gasteiger partial charge in [-0.1, -0.05) is 0 Å². The van der Waals surface area contributed by atoms with Crippen molar-refractivity contribution in [2.24, 2.45) is 7.05 Å². The molecule has 0 bridgehead atoms. The monoisotopic (exact) mass is 301 g/mol. The minimum absolute atomic E-state index is 0.0102. The maximum atomic E-state index is 12.4. The lowest BCUT2D eigenvalue weighted by atomic mass is 10.2. The van der Waals surface area contributed by atoms with E-state index in [1.807, 2.05) is 24.2 Å². The van der Waals surface area contributed by atoms with E-state index in [1.165, 1.54) is 0 Å². The Bertz CT molecular complexity index is 661. The van der Waals surface area contributed by atoms with Crippen LogP contribution in [-0.2, 0) is 7.05 Å². The van der Waals surface area contributed by atoms with E-state index in [0.717, 1.165) is 24.5 Å². The fourth-order valence-electron chi connectivity index (χ4n) is 2.55. The lowest BCUT2D eigenvalue weighted by Gasteiger charge is -2.35. The SMILES string of the molecule is COc1cncc(N2CCN(C(=O)c3ccn(C)n3)CC2)c1. The lowest BCUT2D eigenvalue weighted by Crippen LogP contribution is -2.49. The summed E-state index contributed by atoms with van der Waals surface area (Å²) in [6.45, 7) is 2.89. The van der Waals surface area contributed by atoms with Crippen molar-refractivity contribution in [3.8, 4) is 5.75 Å². The van der Waals surface area contributed by atoms with Gasteiger partial charge in [0.2, 0.25) is 0 Å². The van der Waals surface area contributed by atoms with E-state index in [1.54, 1.807) is 30.3 Å². The first-order valence-corrected chi connectivity index (χ1v) is 7.20. The van der Waals surface area contributed by atoms with Crippen LogP contribution in [0.25, 0.3) is 0 Å². The molecular formula is C15H19N5O2. The zero-order valence-corrected chi connectivity index (χ0v) is 12.8. The zero-order valence-electron chi connectivity index (χ0n) is 12.8. The van der Waals surface area contributed by atoms with Gasteiger partial charge in [-0.3, -0.25) is 14.5 Å². The molecule has 0 radical (unpaired) electrons. The van der Waals surface area contributed by atoms with Gasteiger partial charge >= 0.3 is 0 Å². The fourth-order valence-corrected chi connectivity index (χ4v) is 2.55. The van der Waals surface area contributed by atoms with Crippen molar-refractivity contribution in [1.29, 1.82) is 0 Å². The summed E-state index contributed by atoms with van der Waals surface area (Å²) in [6.07, 6.45) is 5.29. The highest BCUT2D eigenvalue weighted by Crippen LogP contribution is 2.20. The molecule has 2 aromatic rings. The third-order valence-corrected chi connectivity index (χ3v) is 3.80. The predicted molar refractivity (Wildman–Crippen MR) is 82.1 cm³/mol. The number of aromatic nitrogens is 3. The molecule has 1 saturated heterocycles. The van der Waals surface area contributed by atoms with Crippen LogP contribution < -0.4 is 9.64 Å². The Hall–Kier alpha value is -2.57. The number of hydrogen-bond donors (Lipinski definition) is 0. The summed E-state index contributed by atoms with van der Waals surface area (Å²) in [4.78, 5) is 20.6. The van der Waals surface area contributed by atoms with Crippen molar-refractivity contribution in [1.82, 2.24) is 19.7 Å². The Morgan fingerprint density at radius 1 is 1.23 bits per heavy atom. The van der Waals surface area contributed by atoms with Gasteiger partial charge in [0.15, 0.2) is 0 Å². The molecule has 22 heavy (non-hydrogen) atoms.